The van der Waals surface area contributed by atoms with E-state index in [4.69, 9.17) is 11.5 Å². The molecule has 0 aromatic heterocycles. The highest BCUT2D eigenvalue weighted by atomic mass is 79.9. The highest BCUT2D eigenvalue weighted by Gasteiger charge is 2.22. The SMILES string of the molecule is CCCCCCCCCS(=O)(=O)Nc1ccc(Br)cc1C(=O)C(=O)NCCCN=C(N)N. The van der Waals surface area contributed by atoms with Gasteiger partial charge in [-0.1, -0.05) is 61.4 Å². The number of ketones is 1. The summed E-state index contributed by atoms with van der Waals surface area (Å²) in [5.41, 5.74) is 10.5. The summed E-state index contributed by atoms with van der Waals surface area (Å²) in [7, 11) is -3.65. The second-order valence-electron chi connectivity index (χ2n) is 7.48. The summed E-state index contributed by atoms with van der Waals surface area (Å²) in [6, 6.07) is 4.49. The molecule has 0 unspecified atom stereocenters. The topological polar surface area (TPSA) is 157 Å². The third-order valence-electron chi connectivity index (χ3n) is 4.63. The number of Topliss-reactive ketones (excluding diaryl/α,β-unsaturated/α-hetero) is 1. The Bertz CT molecular complexity index is 886. The van der Waals surface area contributed by atoms with Crippen LogP contribution < -0.4 is 21.5 Å². The van der Waals surface area contributed by atoms with Crippen molar-refractivity contribution >= 4 is 49.3 Å². The number of sulfonamides is 1. The third-order valence-corrected chi connectivity index (χ3v) is 6.48. The minimum absolute atomic E-state index is 0.0239. The second kappa shape index (κ2) is 14.8. The van der Waals surface area contributed by atoms with E-state index < -0.39 is 21.7 Å². The van der Waals surface area contributed by atoms with Crippen LogP contribution in [0.2, 0.25) is 0 Å². The standard InChI is InChI=1S/C21H34BrN5O4S/c1-2-3-4-5-6-7-8-14-32(30,31)27-18-11-10-16(22)15-17(18)19(28)20(29)25-12-9-13-26-21(23)24/h10-11,15,27H,2-9,12-14H2,1H3,(H,25,29)(H4,23,24,26). The van der Waals surface area contributed by atoms with Crippen LogP contribution in [0.15, 0.2) is 27.7 Å². The van der Waals surface area contributed by atoms with Crippen LogP contribution in [0.1, 0.15) is 68.6 Å². The number of nitrogens with two attached hydrogens (primary N) is 2. The van der Waals surface area contributed by atoms with Crippen molar-refractivity contribution in [1.29, 1.82) is 0 Å². The monoisotopic (exact) mass is 531 g/mol. The summed E-state index contributed by atoms with van der Waals surface area (Å²) in [6.07, 6.45) is 7.47. The molecule has 0 aliphatic carbocycles. The number of carbonyl (C=O) groups excluding carboxylic acids is 2. The van der Waals surface area contributed by atoms with E-state index in [1.807, 2.05) is 0 Å². The number of aliphatic imine (C=N–C) groups is 1. The Balaban J connectivity index is 2.67. The minimum Gasteiger partial charge on any atom is -0.370 e. The first-order valence-electron chi connectivity index (χ1n) is 10.8. The summed E-state index contributed by atoms with van der Waals surface area (Å²) in [5, 5.41) is 2.50. The van der Waals surface area contributed by atoms with Crippen LogP contribution in [0.5, 0.6) is 0 Å². The van der Waals surface area contributed by atoms with Gasteiger partial charge < -0.3 is 16.8 Å². The van der Waals surface area contributed by atoms with Gasteiger partial charge in [0.2, 0.25) is 10.0 Å². The lowest BCUT2D eigenvalue weighted by Gasteiger charge is -2.13. The van der Waals surface area contributed by atoms with Crippen LogP contribution in [-0.4, -0.2) is 44.9 Å². The molecule has 1 rings (SSSR count). The first kappa shape index (κ1) is 27.9. The molecular formula is C21H34BrN5O4S. The number of hydrogen-bond acceptors (Lipinski definition) is 5. The van der Waals surface area contributed by atoms with Gasteiger partial charge in [0.25, 0.3) is 11.7 Å². The van der Waals surface area contributed by atoms with Gasteiger partial charge in [-0.05, 0) is 31.0 Å². The van der Waals surface area contributed by atoms with Gasteiger partial charge in [0, 0.05) is 17.6 Å². The Kier molecular flexibility index (Phi) is 12.9. The molecule has 11 heteroatoms. The fourth-order valence-corrected chi connectivity index (χ4v) is 4.51. The molecule has 0 bridgehead atoms. The Morgan fingerprint density at radius 2 is 1.69 bits per heavy atom. The molecule has 0 fully saturated rings. The lowest BCUT2D eigenvalue weighted by molar-refractivity contribution is -0.117. The highest BCUT2D eigenvalue weighted by Crippen LogP contribution is 2.23. The zero-order chi connectivity index (χ0) is 24.0. The summed E-state index contributed by atoms with van der Waals surface area (Å²) < 4.78 is 28.0. The lowest BCUT2D eigenvalue weighted by Crippen LogP contribution is -2.33. The van der Waals surface area contributed by atoms with E-state index in [9.17, 15) is 18.0 Å². The van der Waals surface area contributed by atoms with Gasteiger partial charge in [-0.3, -0.25) is 19.3 Å². The van der Waals surface area contributed by atoms with Crippen LogP contribution in [0, 0.1) is 0 Å². The summed E-state index contributed by atoms with van der Waals surface area (Å²) >= 11 is 3.26. The Morgan fingerprint density at radius 1 is 1.03 bits per heavy atom. The Hall–Kier alpha value is -2.14. The van der Waals surface area contributed by atoms with Gasteiger partial charge >= 0.3 is 0 Å². The molecule has 6 N–H and O–H groups in total. The molecule has 0 aliphatic heterocycles. The number of halogens is 1. The van der Waals surface area contributed by atoms with Crippen molar-refractivity contribution in [1.82, 2.24) is 5.32 Å². The largest absolute Gasteiger partial charge is 0.370 e. The summed E-state index contributed by atoms with van der Waals surface area (Å²) in [5.74, 6) is -1.75. The number of nitrogens with zero attached hydrogens (tertiary/aromatic N) is 1. The molecule has 180 valence electrons. The van der Waals surface area contributed by atoms with Crippen LogP contribution in [-0.2, 0) is 14.8 Å². The molecule has 0 spiro atoms. The number of amides is 1. The second-order valence-corrected chi connectivity index (χ2v) is 10.2. The van der Waals surface area contributed by atoms with E-state index in [1.54, 1.807) is 6.07 Å². The van der Waals surface area contributed by atoms with Gasteiger partial charge in [-0.2, -0.15) is 0 Å². The van der Waals surface area contributed by atoms with Crippen molar-refractivity contribution in [2.75, 3.05) is 23.6 Å². The van der Waals surface area contributed by atoms with E-state index in [2.05, 4.69) is 37.9 Å². The molecule has 0 heterocycles. The molecule has 0 saturated carbocycles. The molecule has 0 radical (unpaired) electrons. The number of guanidine groups is 1. The maximum atomic E-state index is 12.6. The van der Waals surface area contributed by atoms with E-state index in [0.717, 1.165) is 19.3 Å². The van der Waals surface area contributed by atoms with E-state index >= 15 is 0 Å². The highest BCUT2D eigenvalue weighted by molar-refractivity contribution is 9.10. The third kappa shape index (κ3) is 11.5. The maximum absolute atomic E-state index is 12.6. The average molecular weight is 533 g/mol. The van der Waals surface area contributed by atoms with Crippen LogP contribution in [0.25, 0.3) is 0 Å². The Morgan fingerprint density at radius 3 is 2.34 bits per heavy atom. The first-order valence-corrected chi connectivity index (χ1v) is 13.3. The lowest BCUT2D eigenvalue weighted by atomic mass is 10.1. The van der Waals surface area contributed by atoms with Gasteiger partial charge in [-0.25, -0.2) is 8.42 Å². The predicted molar refractivity (Wildman–Crippen MR) is 132 cm³/mol. The smallest absolute Gasteiger partial charge is 0.292 e. The van der Waals surface area contributed by atoms with Crippen LogP contribution in [0.4, 0.5) is 5.69 Å². The van der Waals surface area contributed by atoms with Crippen molar-refractivity contribution in [3.8, 4) is 0 Å². The molecule has 1 aromatic carbocycles. The zero-order valence-corrected chi connectivity index (χ0v) is 20.9. The van der Waals surface area contributed by atoms with Crippen molar-refractivity contribution in [3.05, 3.63) is 28.2 Å². The van der Waals surface area contributed by atoms with Crippen molar-refractivity contribution in [2.24, 2.45) is 16.5 Å². The maximum Gasteiger partial charge on any atom is 0.292 e. The van der Waals surface area contributed by atoms with Gasteiger partial charge in [0.15, 0.2) is 5.96 Å². The van der Waals surface area contributed by atoms with Gasteiger partial charge in [0.05, 0.1) is 17.0 Å². The molecule has 1 amide bonds. The number of hydrogen-bond donors (Lipinski definition) is 4. The number of anilines is 1. The van der Waals surface area contributed by atoms with Gasteiger partial charge in [0.1, 0.15) is 0 Å². The Labute approximate surface area is 199 Å². The molecule has 9 nitrogen and oxygen atoms in total. The van der Waals surface area contributed by atoms with Crippen LogP contribution in [0.3, 0.4) is 0 Å². The first-order chi connectivity index (χ1) is 15.2. The van der Waals surface area contributed by atoms with Crippen molar-refractivity contribution in [3.63, 3.8) is 0 Å². The fourth-order valence-electron chi connectivity index (χ4n) is 2.95. The quantitative estimate of drug-likeness (QED) is 0.0843. The minimum atomic E-state index is -3.65. The summed E-state index contributed by atoms with van der Waals surface area (Å²) in [6.45, 7) is 2.67. The number of benzene rings is 1. The molecule has 0 saturated heterocycles. The predicted octanol–water partition coefficient (Wildman–Crippen LogP) is 2.90. The number of unbranched alkanes of at least 4 members (excludes halogenated alkanes) is 6. The molecule has 0 aliphatic rings. The molecule has 32 heavy (non-hydrogen) atoms. The number of rotatable bonds is 16. The van der Waals surface area contributed by atoms with Crippen molar-refractivity contribution < 1.29 is 18.0 Å². The molecular weight excluding hydrogens is 498 g/mol. The normalized spacial score (nSPS) is 11.1. The zero-order valence-electron chi connectivity index (χ0n) is 18.5. The van der Waals surface area contributed by atoms with Crippen molar-refractivity contribution in [2.45, 2.75) is 58.3 Å². The summed E-state index contributed by atoms with van der Waals surface area (Å²) in [4.78, 5) is 28.7. The van der Waals surface area contributed by atoms with Gasteiger partial charge in [-0.15, -0.1) is 0 Å². The molecule has 1 aromatic rings. The van der Waals surface area contributed by atoms with Crippen LogP contribution >= 0.6 is 15.9 Å². The molecule has 0 atom stereocenters. The average Bonchev–Trinajstić information content (AvgIpc) is 2.73. The van der Waals surface area contributed by atoms with E-state index in [1.165, 1.54) is 31.4 Å². The fraction of sp³-hybridized carbons (Fsp3) is 0.571. The number of nitrogens with one attached hydrogen (secondary N) is 2. The van der Waals surface area contributed by atoms with E-state index in [-0.39, 0.29) is 29.5 Å². The van der Waals surface area contributed by atoms with E-state index in [0.29, 0.717) is 23.9 Å². The number of carbonyl (C=O) groups is 2.